The Kier molecular flexibility index (Phi) is 5.32. The number of benzene rings is 2. The van der Waals surface area contributed by atoms with Crippen LogP contribution in [0.2, 0.25) is 0 Å². The summed E-state index contributed by atoms with van der Waals surface area (Å²) in [6.45, 7) is 7.52. The lowest BCUT2D eigenvalue weighted by Crippen LogP contribution is -2.40. The topological polar surface area (TPSA) is 82.1 Å². The molecule has 0 atom stereocenters. The number of anilines is 1. The number of aryl methyl sites for hydroxylation is 4. The Hall–Kier alpha value is -4.52. The van der Waals surface area contributed by atoms with Crippen LogP contribution in [0.25, 0.3) is 17.0 Å². The van der Waals surface area contributed by atoms with E-state index < -0.39 is 17.7 Å². The van der Waals surface area contributed by atoms with E-state index in [1.807, 2.05) is 57.2 Å². The molecule has 5 rings (SSSR count). The molecule has 0 fully saturated rings. The molecule has 1 aliphatic heterocycles. The van der Waals surface area contributed by atoms with Crippen LogP contribution in [0.1, 0.15) is 27.9 Å². The number of aromatic nitrogens is 3. The lowest BCUT2D eigenvalue weighted by Gasteiger charge is -2.15. The lowest BCUT2D eigenvalue weighted by molar-refractivity contribution is -0.577. The summed E-state index contributed by atoms with van der Waals surface area (Å²) in [5, 5.41) is 18.0. The standard InChI is InChI=1S/C28H24N4O3/c1-17-10-12-21(13-11-17)31-26(33)24(25(28(31)35)30-15-14-18(2)19(3)16-30)23-20(4)29-32(27(23)34)22-8-6-5-7-9-22/h5-16H,1-4H3. The number of rotatable bonds is 4. The van der Waals surface area contributed by atoms with Crippen molar-refractivity contribution in [2.24, 2.45) is 0 Å². The molecule has 0 aliphatic carbocycles. The molecule has 0 saturated carbocycles. The molecule has 2 amide bonds. The maximum absolute atomic E-state index is 13.8. The number of para-hydroxylation sites is 1. The first-order chi connectivity index (χ1) is 16.8. The second-order valence-electron chi connectivity index (χ2n) is 8.74. The van der Waals surface area contributed by atoms with Gasteiger partial charge in [0.1, 0.15) is 5.57 Å². The van der Waals surface area contributed by atoms with Crippen LogP contribution < -0.4 is 14.6 Å². The fourth-order valence-electron chi connectivity index (χ4n) is 4.27. The van der Waals surface area contributed by atoms with Crippen molar-refractivity contribution in [2.75, 3.05) is 4.90 Å². The third-order valence-electron chi connectivity index (χ3n) is 6.32. The Labute approximate surface area is 203 Å². The van der Waals surface area contributed by atoms with E-state index in [0.717, 1.165) is 21.6 Å². The summed E-state index contributed by atoms with van der Waals surface area (Å²) in [5.74, 6) is -1.49. The molecule has 174 valence electrons. The van der Waals surface area contributed by atoms with Crippen LogP contribution in [0, 0.1) is 27.7 Å². The maximum atomic E-state index is 13.8. The van der Waals surface area contributed by atoms with Gasteiger partial charge in [0.25, 0.3) is 11.6 Å². The van der Waals surface area contributed by atoms with Gasteiger partial charge in [-0.25, -0.2) is 9.58 Å². The van der Waals surface area contributed by atoms with E-state index in [1.165, 1.54) is 4.68 Å². The fourth-order valence-corrected chi connectivity index (χ4v) is 4.27. The first kappa shape index (κ1) is 22.3. The minimum atomic E-state index is -0.549. The highest BCUT2D eigenvalue weighted by Gasteiger charge is 2.47. The number of carbonyl (C=O) groups is 2. The molecule has 1 aliphatic rings. The van der Waals surface area contributed by atoms with Gasteiger partial charge in [-0.1, -0.05) is 35.9 Å². The van der Waals surface area contributed by atoms with E-state index >= 15 is 0 Å². The zero-order chi connectivity index (χ0) is 24.9. The zero-order valence-corrected chi connectivity index (χ0v) is 19.9. The van der Waals surface area contributed by atoms with Gasteiger partial charge in [-0.2, -0.15) is 9.67 Å². The molecule has 0 spiro atoms. The number of imide groups is 1. The number of nitrogens with zero attached hydrogens (tertiary/aromatic N) is 4. The molecule has 2 aromatic carbocycles. The molecular formula is C28H24N4O3. The number of carbonyl (C=O) groups excluding carboxylic acids is 2. The van der Waals surface area contributed by atoms with Gasteiger partial charge in [0.2, 0.25) is 0 Å². The predicted molar refractivity (Wildman–Crippen MR) is 131 cm³/mol. The fraction of sp³-hybridized carbons (Fsp3) is 0.143. The van der Waals surface area contributed by atoms with Crippen LogP contribution in [0.5, 0.6) is 5.88 Å². The summed E-state index contributed by atoms with van der Waals surface area (Å²) in [5.41, 5.74) is 4.72. The van der Waals surface area contributed by atoms with Crippen molar-refractivity contribution in [2.45, 2.75) is 27.7 Å². The van der Waals surface area contributed by atoms with Crippen molar-refractivity contribution in [3.8, 4) is 11.6 Å². The number of hydrogen-bond donors (Lipinski definition) is 0. The second kappa shape index (κ2) is 8.36. The van der Waals surface area contributed by atoms with Crippen LogP contribution in [0.4, 0.5) is 5.69 Å². The van der Waals surface area contributed by atoms with Gasteiger partial charge in [-0.05, 0) is 63.4 Å². The molecule has 0 saturated heterocycles. The number of pyridine rings is 1. The van der Waals surface area contributed by atoms with E-state index in [2.05, 4.69) is 5.10 Å². The van der Waals surface area contributed by atoms with Crippen molar-refractivity contribution >= 4 is 28.8 Å². The minimum Gasteiger partial charge on any atom is -0.858 e. The Balaban J connectivity index is 1.76. The molecule has 0 N–H and O–H groups in total. The third-order valence-corrected chi connectivity index (χ3v) is 6.32. The minimum absolute atomic E-state index is 0.0495. The molecule has 4 aromatic rings. The Morgan fingerprint density at radius 3 is 2.14 bits per heavy atom. The first-order valence-corrected chi connectivity index (χ1v) is 11.3. The average Bonchev–Trinajstić information content (AvgIpc) is 3.28. The average molecular weight is 465 g/mol. The second-order valence-corrected chi connectivity index (χ2v) is 8.74. The first-order valence-electron chi connectivity index (χ1n) is 11.3. The van der Waals surface area contributed by atoms with Gasteiger partial charge in [-0.3, -0.25) is 9.59 Å². The molecule has 7 nitrogen and oxygen atoms in total. The third kappa shape index (κ3) is 3.61. The highest BCUT2D eigenvalue weighted by Crippen LogP contribution is 2.38. The van der Waals surface area contributed by atoms with Gasteiger partial charge in [0.15, 0.2) is 12.4 Å². The summed E-state index contributed by atoms with van der Waals surface area (Å²) in [4.78, 5) is 28.8. The Morgan fingerprint density at radius 2 is 1.49 bits per heavy atom. The summed E-state index contributed by atoms with van der Waals surface area (Å²) >= 11 is 0. The smallest absolute Gasteiger partial charge is 0.331 e. The quantitative estimate of drug-likeness (QED) is 0.342. The van der Waals surface area contributed by atoms with Crippen LogP contribution in [-0.4, -0.2) is 21.6 Å². The zero-order valence-electron chi connectivity index (χ0n) is 19.9. The lowest BCUT2D eigenvalue weighted by atomic mass is 10.0. The Bertz CT molecular complexity index is 1520. The molecule has 0 unspecified atom stereocenters. The molecule has 3 heterocycles. The van der Waals surface area contributed by atoms with Crippen LogP contribution in [0.15, 0.2) is 73.1 Å². The van der Waals surface area contributed by atoms with Crippen molar-refractivity contribution in [3.05, 3.63) is 101 Å². The summed E-state index contributed by atoms with van der Waals surface area (Å²) in [6, 6.07) is 18.0. The van der Waals surface area contributed by atoms with E-state index in [-0.39, 0.29) is 16.8 Å². The van der Waals surface area contributed by atoms with Gasteiger partial charge >= 0.3 is 5.91 Å². The number of amides is 2. The van der Waals surface area contributed by atoms with Crippen molar-refractivity contribution in [1.82, 2.24) is 9.78 Å². The van der Waals surface area contributed by atoms with Gasteiger partial charge < -0.3 is 5.11 Å². The predicted octanol–water partition coefficient (Wildman–Crippen LogP) is 3.41. The van der Waals surface area contributed by atoms with E-state index in [1.54, 1.807) is 48.1 Å². The van der Waals surface area contributed by atoms with Gasteiger partial charge in [0, 0.05) is 17.2 Å². The Morgan fingerprint density at radius 1 is 0.800 bits per heavy atom. The highest BCUT2D eigenvalue weighted by atomic mass is 16.3. The molecule has 0 radical (unpaired) electrons. The molecule has 2 aromatic heterocycles. The van der Waals surface area contributed by atoms with Crippen LogP contribution in [-0.2, 0) is 9.59 Å². The van der Waals surface area contributed by atoms with E-state index in [4.69, 9.17) is 0 Å². The molecular weight excluding hydrogens is 440 g/mol. The number of hydrogen-bond acceptors (Lipinski definition) is 4. The van der Waals surface area contributed by atoms with Crippen LogP contribution >= 0.6 is 0 Å². The van der Waals surface area contributed by atoms with Gasteiger partial charge in [-0.15, -0.1) is 0 Å². The normalized spacial score (nSPS) is 13.8. The van der Waals surface area contributed by atoms with E-state index in [9.17, 15) is 14.7 Å². The largest absolute Gasteiger partial charge is 0.858 e. The van der Waals surface area contributed by atoms with E-state index in [0.29, 0.717) is 17.1 Å². The maximum Gasteiger partial charge on any atom is 0.331 e. The highest BCUT2D eigenvalue weighted by molar-refractivity contribution is 6.53. The monoisotopic (exact) mass is 464 g/mol. The van der Waals surface area contributed by atoms with Crippen LogP contribution in [0.3, 0.4) is 0 Å². The molecule has 35 heavy (non-hydrogen) atoms. The summed E-state index contributed by atoms with van der Waals surface area (Å²) < 4.78 is 2.90. The summed E-state index contributed by atoms with van der Waals surface area (Å²) in [7, 11) is 0. The molecule has 0 bridgehead atoms. The van der Waals surface area contributed by atoms with Gasteiger partial charge in [0.05, 0.1) is 17.1 Å². The molecule has 7 heteroatoms. The van der Waals surface area contributed by atoms with Crippen molar-refractivity contribution < 1.29 is 19.3 Å². The van der Waals surface area contributed by atoms with Crippen molar-refractivity contribution in [1.29, 1.82) is 0 Å². The SMILES string of the molecule is Cc1ccc(N2C(=O)C(c3c(C)nn(-c4ccccc4)c3[O-])=C([n+]3ccc(C)c(C)c3)C2=O)cc1. The van der Waals surface area contributed by atoms with Crippen molar-refractivity contribution in [3.63, 3.8) is 0 Å². The summed E-state index contributed by atoms with van der Waals surface area (Å²) in [6.07, 6.45) is 3.54.